The van der Waals surface area contributed by atoms with Gasteiger partial charge in [0.15, 0.2) is 18.0 Å². The minimum absolute atomic E-state index is 0. The maximum absolute atomic E-state index is 6.68. The van der Waals surface area contributed by atoms with E-state index in [0.717, 1.165) is 55.6 Å². The first-order valence-corrected chi connectivity index (χ1v) is 15.3. The molecule has 0 unspecified atom stereocenters. The van der Waals surface area contributed by atoms with Gasteiger partial charge in [0.25, 0.3) is 0 Å². The van der Waals surface area contributed by atoms with Crippen molar-refractivity contribution in [2.45, 2.75) is 13.8 Å². The molecule has 228 valence electrons. The number of aryl methyl sites for hydroxylation is 2. The molecule has 5 heterocycles. The van der Waals surface area contributed by atoms with Crippen molar-refractivity contribution in [2.24, 2.45) is 0 Å². The molecule has 1 saturated heterocycles. The molecule has 1 fully saturated rings. The van der Waals surface area contributed by atoms with E-state index in [2.05, 4.69) is 134 Å². The second-order valence-electron chi connectivity index (χ2n) is 12.5. The zero-order valence-electron chi connectivity index (χ0n) is 25.8. The van der Waals surface area contributed by atoms with Crippen molar-refractivity contribution in [3.8, 4) is 28.4 Å². The molecule has 6 heteroatoms. The number of benzene rings is 5. The second kappa shape index (κ2) is 10.5. The van der Waals surface area contributed by atoms with Crippen LogP contribution in [-0.2, 0) is 21.1 Å². The van der Waals surface area contributed by atoms with Gasteiger partial charge >= 0.3 is 0 Å². The summed E-state index contributed by atoms with van der Waals surface area (Å²) in [6.07, 6.45) is 1.82. The number of quaternary nitrogens is 2. The number of ether oxygens (including phenoxy) is 1. The maximum atomic E-state index is 6.68. The average Bonchev–Trinajstić information content (AvgIpc) is 3.60. The van der Waals surface area contributed by atoms with E-state index in [9.17, 15) is 0 Å². The molecule has 0 N–H and O–H groups in total. The van der Waals surface area contributed by atoms with E-state index in [-0.39, 0.29) is 21.1 Å². The molecule has 5 nitrogen and oxygen atoms in total. The summed E-state index contributed by atoms with van der Waals surface area (Å²) in [6, 6.07) is 45.4. The molecular weight excluding hydrogens is 748 g/mol. The van der Waals surface area contributed by atoms with Gasteiger partial charge in [0.05, 0.1) is 13.7 Å². The van der Waals surface area contributed by atoms with Gasteiger partial charge in [0, 0.05) is 62.1 Å². The van der Waals surface area contributed by atoms with Gasteiger partial charge in [-0.25, -0.2) is 4.98 Å². The Morgan fingerprint density at radius 1 is 0.739 bits per heavy atom. The monoisotopic (exact) mass is 778 g/mol. The Morgan fingerprint density at radius 2 is 1.48 bits per heavy atom. The quantitative estimate of drug-likeness (QED) is 0.129. The van der Waals surface area contributed by atoms with Gasteiger partial charge < -0.3 is 18.3 Å². The van der Waals surface area contributed by atoms with Crippen LogP contribution in [0.25, 0.3) is 38.8 Å². The van der Waals surface area contributed by atoms with E-state index < -0.39 is 0 Å². The fourth-order valence-corrected chi connectivity index (χ4v) is 7.31. The third-order valence-corrected chi connectivity index (χ3v) is 9.56. The fourth-order valence-electron chi connectivity index (χ4n) is 7.31. The molecule has 2 bridgehead atoms. The first-order valence-electron chi connectivity index (χ1n) is 15.3. The van der Waals surface area contributed by atoms with E-state index in [1.165, 1.54) is 22.5 Å². The van der Waals surface area contributed by atoms with Gasteiger partial charge in [-0.3, -0.25) is 0 Å². The largest absolute Gasteiger partial charge is 0.509 e. The van der Waals surface area contributed by atoms with Gasteiger partial charge in [-0.2, -0.15) is 6.07 Å². The summed E-state index contributed by atoms with van der Waals surface area (Å²) in [5.74, 6) is 2.15. The molecule has 3 aliphatic rings. The smallest absolute Gasteiger partial charge is 0.179 e. The van der Waals surface area contributed by atoms with Crippen LogP contribution >= 0.6 is 0 Å². The van der Waals surface area contributed by atoms with Gasteiger partial charge in [-0.1, -0.05) is 66.2 Å². The molecule has 10 rings (SSSR count). The molecule has 7 aromatic rings. The molecule has 0 radical (unpaired) electrons. The molecule has 3 aliphatic heterocycles. The number of para-hydroxylation sites is 1. The van der Waals surface area contributed by atoms with E-state index in [4.69, 9.17) is 4.74 Å². The Balaban J connectivity index is 0.00000312. The van der Waals surface area contributed by atoms with Crippen molar-refractivity contribution in [1.29, 1.82) is 0 Å². The number of nitrogens with zero attached hydrogens (tertiary/aromatic N) is 4. The molecule has 5 aromatic carbocycles. The van der Waals surface area contributed by atoms with Crippen LogP contribution in [0.5, 0.6) is 11.5 Å². The standard InChI is InChI=1S/C40H31N4O.Pt/c1-27-19-38-39(20-28(27)2)44(25-43(38,3)26-44)31-21-30(29-11-5-4-6-12-29)22-33(23-31)45-32-16-17-35-34-13-7-8-14-36(34)42(37(35)24-32)40-15-9-10-18-41-40;/h4-22,25H,26H2,1-3H3;/q-1;/t43-,44+;/m0./s1. The topological polar surface area (TPSA) is 27.1 Å². The van der Waals surface area contributed by atoms with Crippen molar-refractivity contribution in [3.05, 3.63) is 145 Å². The molecule has 0 saturated carbocycles. The second-order valence-corrected chi connectivity index (χ2v) is 12.5. The van der Waals surface area contributed by atoms with Crippen LogP contribution in [0.2, 0.25) is 0 Å². The van der Waals surface area contributed by atoms with E-state index in [1.54, 1.807) is 0 Å². The summed E-state index contributed by atoms with van der Waals surface area (Å²) in [5, 5.41) is 2.26. The zero-order chi connectivity index (χ0) is 30.3. The summed E-state index contributed by atoms with van der Waals surface area (Å²) in [7, 11) is 2.29. The van der Waals surface area contributed by atoms with E-state index >= 15 is 0 Å². The number of fused-ring (bicyclic) bond motifs is 3. The van der Waals surface area contributed by atoms with Crippen molar-refractivity contribution in [1.82, 2.24) is 18.5 Å². The molecule has 0 spiro atoms. The molecule has 0 aliphatic carbocycles. The summed E-state index contributed by atoms with van der Waals surface area (Å²) in [5.41, 5.74) is 10.6. The average molecular weight is 779 g/mol. The number of pyridine rings is 1. The molecule has 46 heavy (non-hydrogen) atoms. The third kappa shape index (κ3) is 4.23. The Kier molecular flexibility index (Phi) is 6.60. The van der Waals surface area contributed by atoms with Crippen LogP contribution in [0.3, 0.4) is 0 Å². The molecule has 0 amide bonds. The number of rotatable bonds is 5. The van der Waals surface area contributed by atoms with Crippen molar-refractivity contribution in [3.63, 3.8) is 0 Å². The van der Waals surface area contributed by atoms with Crippen LogP contribution in [0.15, 0.2) is 115 Å². The van der Waals surface area contributed by atoms with Crippen molar-refractivity contribution < 1.29 is 25.8 Å². The molecule has 2 atom stereocenters. The summed E-state index contributed by atoms with van der Waals surface area (Å²) in [6.45, 7) is 7.74. The SMILES string of the molecule is Cc1cc2c(cc1C)[N@@+]1(C)[CH-][N@+]2(c2[c-]c(Oc3[c-]c4c(cc3)c3ccccc3n4-c3ccccn3)cc(-c3ccccc3)c2)C1.[Pt]. The summed E-state index contributed by atoms with van der Waals surface area (Å²) in [4.78, 5) is 4.67. The Hall–Kier alpha value is -4.54. The Labute approximate surface area is 283 Å². The predicted molar refractivity (Wildman–Crippen MR) is 182 cm³/mol. The molecule has 2 aromatic heterocycles. The maximum Gasteiger partial charge on any atom is 0.179 e. The van der Waals surface area contributed by atoms with Gasteiger partial charge in [-0.15, -0.1) is 35.2 Å². The number of hydrogen-bond donors (Lipinski definition) is 0. The minimum Gasteiger partial charge on any atom is -0.509 e. The summed E-state index contributed by atoms with van der Waals surface area (Å²) >= 11 is 0. The first-order chi connectivity index (χ1) is 21.9. The van der Waals surface area contributed by atoms with Crippen LogP contribution in [0.4, 0.5) is 17.1 Å². The minimum atomic E-state index is 0. The first kappa shape index (κ1) is 28.9. The number of hydrogen-bond acceptors (Lipinski definition) is 2. The van der Waals surface area contributed by atoms with Crippen LogP contribution in [0, 0.1) is 32.6 Å². The summed E-state index contributed by atoms with van der Waals surface area (Å²) < 4.78 is 10.3. The van der Waals surface area contributed by atoms with Gasteiger partial charge in [0.1, 0.15) is 5.82 Å². The van der Waals surface area contributed by atoms with Gasteiger partial charge in [-0.05, 0) is 54.1 Å². The number of aromatic nitrogens is 2. The normalized spacial score (nSPS) is 19.5. The van der Waals surface area contributed by atoms with Crippen molar-refractivity contribution >= 4 is 38.9 Å². The van der Waals surface area contributed by atoms with E-state index in [1.807, 2.05) is 30.5 Å². The fraction of sp³-hybridized carbons (Fsp3) is 0.100. The van der Waals surface area contributed by atoms with E-state index in [0.29, 0.717) is 16.0 Å². The zero-order valence-corrected chi connectivity index (χ0v) is 28.0. The van der Waals surface area contributed by atoms with Gasteiger partial charge in [0.2, 0.25) is 0 Å². The van der Waals surface area contributed by atoms with Crippen molar-refractivity contribution in [2.75, 3.05) is 13.7 Å². The Bertz CT molecular complexity index is 2290. The van der Waals surface area contributed by atoms with Crippen LogP contribution in [-0.4, -0.2) is 23.3 Å². The van der Waals surface area contributed by atoms with Crippen LogP contribution in [0.1, 0.15) is 11.1 Å². The Morgan fingerprint density at radius 3 is 2.26 bits per heavy atom. The van der Waals surface area contributed by atoms with Crippen LogP contribution < -0.4 is 13.7 Å². The predicted octanol–water partition coefficient (Wildman–Crippen LogP) is 9.53. The third-order valence-electron chi connectivity index (χ3n) is 9.56. The molecular formula is C40H31N4OPt-.